The molecule has 0 aliphatic heterocycles. The summed E-state index contributed by atoms with van der Waals surface area (Å²) in [7, 11) is 1.31. The van der Waals surface area contributed by atoms with Crippen molar-refractivity contribution in [3.8, 4) is 0 Å². The first-order valence-electron chi connectivity index (χ1n) is 5.57. The zero-order chi connectivity index (χ0) is 13.5. The van der Waals surface area contributed by atoms with E-state index in [0.29, 0.717) is 5.75 Å². The number of carbonyl (C=O) groups is 2. The first-order valence-corrected chi connectivity index (χ1v) is 6.56. The van der Waals surface area contributed by atoms with E-state index in [9.17, 15) is 9.59 Å². The number of hydrogen-bond donors (Lipinski definition) is 1. The lowest BCUT2D eigenvalue weighted by Crippen LogP contribution is -2.42. The molecule has 0 saturated heterocycles. The van der Waals surface area contributed by atoms with Crippen LogP contribution in [0.15, 0.2) is 29.2 Å². The summed E-state index contributed by atoms with van der Waals surface area (Å²) in [4.78, 5) is 23.5. The van der Waals surface area contributed by atoms with Crippen molar-refractivity contribution >= 4 is 23.6 Å². The minimum absolute atomic E-state index is 0.241. The fourth-order valence-electron chi connectivity index (χ4n) is 1.37. The van der Waals surface area contributed by atoms with Crippen LogP contribution in [-0.4, -0.2) is 30.8 Å². The number of carbonyl (C=O) groups excluding carboxylic acids is 2. The highest BCUT2D eigenvalue weighted by Gasteiger charge is 2.20. The van der Waals surface area contributed by atoms with Crippen molar-refractivity contribution in [2.45, 2.75) is 24.8 Å². The van der Waals surface area contributed by atoms with Gasteiger partial charge in [0.15, 0.2) is 0 Å². The molecular weight excluding hydrogens is 250 g/mol. The number of aryl methyl sites for hydroxylation is 1. The molecule has 1 rings (SSSR count). The van der Waals surface area contributed by atoms with Gasteiger partial charge in [0.1, 0.15) is 6.04 Å². The van der Waals surface area contributed by atoms with Crippen molar-refractivity contribution < 1.29 is 14.3 Å². The normalized spacial score (nSPS) is 11.7. The molecule has 18 heavy (non-hydrogen) atoms. The summed E-state index contributed by atoms with van der Waals surface area (Å²) in [6, 6.07) is 7.38. The second-order valence-corrected chi connectivity index (χ2v) is 4.99. The topological polar surface area (TPSA) is 55.4 Å². The SMILES string of the molecule is COC(=O)C(CSc1ccc(C)cc1)NC(C)=O. The van der Waals surface area contributed by atoms with E-state index in [1.807, 2.05) is 31.2 Å². The molecule has 1 atom stereocenters. The molecular formula is C13H17NO3S. The largest absolute Gasteiger partial charge is 0.467 e. The molecule has 1 aromatic rings. The van der Waals surface area contributed by atoms with Crippen molar-refractivity contribution in [2.75, 3.05) is 12.9 Å². The van der Waals surface area contributed by atoms with Crippen molar-refractivity contribution in [3.63, 3.8) is 0 Å². The Labute approximate surface area is 111 Å². The molecule has 0 heterocycles. The number of nitrogens with one attached hydrogen (secondary N) is 1. The Kier molecular flexibility index (Phi) is 5.71. The van der Waals surface area contributed by atoms with Gasteiger partial charge in [0.25, 0.3) is 0 Å². The van der Waals surface area contributed by atoms with Gasteiger partial charge >= 0.3 is 5.97 Å². The van der Waals surface area contributed by atoms with Gasteiger partial charge in [-0.25, -0.2) is 4.79 Å². The van der Waals surface area contributed by atoms with Gasteiger partial charge in [-0.15, -0.1) is 11.8 Å². The van der Waals surface area contributed by atoms with Crippen LogP contribution < -0.4 is 5.32 Å². The third kappa shape index (κ3) is 4.79. The molecule has 0 saturated carbocycles. The second-order valence-electron chi connectivity index (χ2n) is 3.90. The first kappa shape index (κ1) is 14.6. The average molecular weight is 267 g/mol. The zero-order valence-corrected chi connectivity index (χ0v) is 11.5. The lowest BCUT2D eigenvalue weighted by atomic mass is 10.2. The van der Waals surface area contributed by atoms with E-state index < -0.39 is 12.0 Å². The van der Waals surface area contributed by atoms with Crippen molar-refractivity contribution in [3.05, 3.63) is 29.8 Å². The Hall–Kier alpha value is -1.49. The minimum atomic E-state index is -0.612. The zero-order valence-electron chi connectivity index (χ0n) is 10.7. The number of hydrogen-bond acceptors (Lipinski definition) is 4. The van der Waals surface area contributed by atoms with Crippen LogP contribution in [0.3, 0.4) is 0 Å². The fourth-order valence-corrected chi connectivity index (χ4v) is 2.28. The predicted octanol–water partition coefficient (Wildman–Crippen LogP) is 1.76. The van der Waals surface area contributed by atoms with Gasteiger partial charge in [-0.1, -0.05) is 17.7 Å². The summed E-state index contributed by atoms with van der Waals surface area (Å²) in [5, 5.41) is 2.58. The Morgan fingerprint density at radius 2 is 1.94 bits per heavy atom. The number of methoxy groups -OCH3 is 1. The molecule has 1 N–H and O–H groups in total. The van der Waals surface area contributed by atoms with E-state index in [0.717, 1.165) is 4.90 Å². The molecule has 0 radical (unpaired) electrons. The molecule has 5 heteroatoms. The van der Waals surface area contributed by atoms with E-state index >= 15 is 0 Å². The van der Waals surface area contributed by atoms with E-state index in [1.54, 1.807) is 0 Å². The summed E-state index contributed by atoms with van der Waals surface area (Å²) in [6.07, 6.45) is 0. The van der Waals surface area contributed by atoms with Crippen LogP contribution in [0.5, 0.6) is 0 Å². The molecule has 0 aliphatic carbocycles. The maximum absolute atomic E-state index is 11.5. The highest BCUT2D eigenvalue weighted by Crippen LogP contribution is 2.19. The molecule has 0 aromatic heterocycles. The summed E-state index contributed by atoms with van der Waals surface area (Å²) in [6.45, 7) is 3.40. The van der Waals surface area contributed by atoms with Crippen LogP contribution in [0.1, 0.15) is 12.5 Å². The number of thioether (sulfide) groups is 1. The molecule has 0 spiro atoms. The standard InChI is InChI=1S/C13H17NO3S/c1-9-4-6-11(7-5-9)18-8-12(13(16)17-3)14-10(2)15/h4-7,12H,8H2,1-3H3,(H,14,15). The van der Waals surface area contributed by atoms with Gasteiger partial charge in [-0.2, -0.15) is 0 Å². The fraction of sp³-hybridized carbons (Fsp3) is 0.385. The molecule has 0 fully saturated rings. The number of ether oxygens (including phenoxy) is 1. The maximum atomic E-state index is 11.5. The number of benzene rings is 1. The van der Waals surface area contributed by atoms with Crippen LogP contribution in [0.2, 0.25) is 0 Å². The Morgan fingerprint density at radius 1 is 1.33 bits per heavy atom. The van der Waals surface area contributed by atoms with Crippen LogP contribution >= 0.6 is 11.8 Å². The van der Waals surface area contributed by atoms with E-state index in [1.165, 1.54) is 31.4 Å². The van der Waals surface area contributed by atoms with Crippen LogP contribution in [0.25, 0.3) is 0 Å². The van der Waals surface area contributed by atoms with E-state index in [4.69, 9.17) is 0 Å². The Morgan fingerprint density at radius 3 is 2.44 bits per heavy atom. The van der Waals surface area contributed by atoms with Crippen molar-refractivity contribution in [1.29, 1.82) is 0 Å². The first-order chi connectivity index (χ1) is 8.52. The third-order valence-electron chi connectivity index (χ3n) is 2.30. The summed E-state index contributed by atoms with van der Waals surface area (Å²) in [5.74, 6) is -0.213. The number of esters is 1. The van der Waals surface area contributed by atoms with Crippen LogP contribution in [-0.2, 0) is 14.3 Å². The van der Waals surface area contributed by atoms with Crippen LogP contribution in [0, 0.1) is 6.92 Å². The average Bonchev–Trinajstić information content (AvgIpc) is 2.35. The molecule has 1 unspecified atom stereocenters. The smallest absolute Gasteiger partial charge is 0.329 e. The summed E-state index contributed by atoms with van der Waals surface area (Å²) in [5.41, 5.74) is 1.19. The molecule has 98 valence electrons. The summed E-state index contributed by atoms with van der Waals surface area (Å²) >= 11 is 1.51. The molecule has 0 aliphatic rings. The monoisotopic (exact) mass is 267 g/mol. The number of amides is 1. The molecule has 1 aromatic carbocycles. The van der Waals surface area contributed by atoms with Crippen molar-refractivity contribution in [2.24, 2.45) is 0 Å². The lowest BCUT2D eigenvalue weighted by molar-refractivity contribution is -0.144. The van der Waals surface area contributed by atoms with Gasteiger partial charge in [-0.3, -0.25) is 4.79 Å². The minimum Gasteiger partial charge on any atom is -0.467 e. The highest BCUT2D eigenvalue weighted by molar-refractivity contribution is 7.99. The van der Waals surface area contributed by atoms with Crippen LogP contribution in [0.4, 0.5) is 0 Å². The van der Waals surface area contributed by atoms with Crippen molar-refractivity contribution in [1.82, 2.24) is 5.32 Å². The molecule has 4 nitrogen and oxygen atoms in total. The van der Waals surface area contributed by atoms with Gasteiger partial charge in [0.2, 0.25) is 5.91 Å². The quantitative estimate of drug-likeness (QED) is 0.652. The second kappa shape index (κ2) is 7.06. The van der Waals surface area contributed by atoms with Gasteiger partial charge < -0.3 is 10.1 Å². The van der Waals surface area contributed by atoms with E-state index in [2.05, 4.69) is 10.1 Å². The molecule has 0 bridgehead atoms. The Balaban J connectivity index is 2.58. The maximum Gasteiger partial charge on any atom is 0.329 e. The predicted molar refractivity (Wildman–Crippen MR) is 71.5 cm³/mol. The Bertz CT molecular complexity index is 417. The van der Waals surface area contributed by atoms with Gasteiger partial charge in [-0.05, 0) is 19.1 Å². The number of rotatable bonds is 5. The van der Waals surface area contributed by atoms with E-state index in [-0.39, 0.29) is 5.91 Å². The molecule has 1 amide bonds. The van der Waals surface area contributed by atoms with Gasteiger partial charge in [0.05, 0.1) is 7.11 Å². The summed E-state index contributed by atoms with van der Waals surface area (Å²) < 4.78 is 4.65. The third-order valence-corrected chi connectivity index (χ3v) is 3.41. The lowest BCUT2D eigenvalue weighted by Gasteiger charge is -2.14. The van der Waals surface area contributed by atoms with Gasteiger partial charge in [0, 0.05) is 17.6 Å². The highest BCUT2D eigenvalue weighted by atomic mass is 32.2.